The highest BCUT2D eigenvalue weighted by Gasteiger charge is 2.11. The highest BCUT2D eigenvalue weighted by molar-refractivity contribution is 9.10. The predicted octanol–water partition coefficient (Wildman–Crippen LogP) is 5.78. The molecule has 0 aliphatic rings. The van der Waals surface area contributed by atoms with Crippen LogP contribution in [0.4, 0.5) is 5.13 Å². The third-order valence-corrected chi connectivity index (χ3v) is 5.41. The number of hydrogen-bond acceptors (Lipinski definition) is 6. The van der Waals surface area contributed by atoms with Gasteiger partial charge in [0.2, 0.25) is 5.13 Å². The molecular weight excluding hydrogens is 450 g/mol. The minimum Gasteiger partial charge on any atom is -0.422 e. The van der Waals surface area contributed by atoms with Crippen LogP contribution in [0.25, 0.3) is 21.4 Å². The van der Waals surface area contributed by atoms with Crippen molar-refractivity contribution in [2.45, 2.75) is 0 Å². The first-order chi connectivity index (χ1) is 13.1. The van der Waals surface area contributed by atoms with Crippen molar-refractivity contribution < 1.29 is 4.42 Å². The van der Waals surface area contributed by atoms with E-state index >= 15 is 0 Å². The zero-order valence-corrected chi connectivity index (χ0v) is 16.8. The van der Waals surface area contributed by atoms with E-state index in [9.17, 15) is 4.79 Å². The summed E-state index contributed by atoms with van der Waals surface area (Å²) in [5, 5.41) is 6.08. The molecule has 0 spiro atoms. The number of halogens is 2. The number of benzene rings is 2. The Morgan fingerprint density at radius 3 is 2.81 bits per heavy atom. The maximum absolute atomic E-state index is 12.3. The van der Waals surface area contributed by atoms with Crippen LogP contribution in [0.2, 0.25) is 5.02 Å². The molecule has 0 fully saturated rings. The summed E-state index contributed by atoms with van der Waals surface area (Å²) in [6, 6.07) is 14.6. The number of fused-ring (bicyclic) bond motifs is 1. The second kappa shape index (κ2) is 7.64. The standard InChI is InChI=1S/C19H11BrClN3O2S/c20-13-3-1-11(2-4-13)9-23-24-19-22-10-17(27-19)15-8-12-7-14(21)5-6-16(12)26-18(15)25/h1-10H,(H,22,24)/b23-9-. The molecule has 0 atom stereocenters. The number of hydrogen-bond donors (Lipinski definition) is 1. The van der Waals surface area contributed by atoms with Gasteiger partial charge in [-0.15, -0.1) is 0 Å². The normalized spacial score (nSPS) is 11.3. The van der Waals surface area contributed by atoms with Crippen molar-refractivity contribution in [1.82, 2.24) is 4.98 Å². The Kier molecular flexibility index (Phi) is 5.07. The maximum Gasteiger partial charge on any atom is 0.345 e. The monoisotopic (exact) mass is 459 g/mol. The molecule has 1 N–H and O–H groups in total. The van der Waals surface area contributed by atoms with Gasteiger partial charge >= 0.3 is 5.63 Å². The summed E-state index contributed by atoms with van der Waals surface area (Å²) in [5.74, 6) is 0. The van der Waals surface area contributed by atoms with Gasteiger partial charge in [-0.2, -0.15) is 5.10 Å². The fourth-order valence-corrected chi connectivity index (χ4v) is 3.64. The minimum absolute atomic E-state index is 0.418. The lowest BCUT2D eigenvalue weighted by Gasteiger charge is -2.00. The van der Waals surface area contributed by atoms with E-state index in [0.29, 0.717) is 26.2 Å². The molecule has 0 amide bonds. The molecule has 2 aromatic carbocycles. The van der Waals surface area contributed by atoms with Gasteiger partial charge in [0.25, 0.3) is 0 Å². The topological polar surface area (TPSA) is 67.5 Å². The highest BCUT2D eigenvalue weighted by Crippen LogP contribution is 2.29. The van der Waals surface area contributed by atoms with Crippen LogP contribution in [-0.2, 0) is 0 Å². The zero-order chi connectivity index (χ0) is 18.8. The van der Waals surface area contributed by atoms with Crippen LogP contribution in [0.15, 0.2) is 73.5 Å². The van der Waals surface area contributed by atoms with Gasteiger partial charge in [-0.05, 0) is 42.0 Å². The summed E-state index contributed by atoms with van der Waals surface area (Å²) in [7, 11) is 0. The van der Waals surface area contributed by atoms with Crippen LogP contribution in [0.1, 0.15) is 5.56 Å². The van der Waals surface area contributed by atoms with E-state index < -0.39 is 5.63 Å². The lowest BCUT2D eigenvalue weighted by atomic mass is 10.2. The van der Waals surface area contributed by atoms with E-state index in [1.54, 1.807) is 36.7 Å². The summed E-state index contributed by atoms with van der Waals surface area (Å²) >= 11 is 10.7. The molecule has 0 bridgehead atoms. The lowest BCUT2D eigenvalue weighted by Crippen LogP contribution is -2.01. The fraction of sp³-hybridized carbons (Fsp3) is 0. The second-order valence-corrected chi connectivity index (χ2v) is 7.96. The van der Waals surface area contributed by atoms with Crippen LogP contribution in [-0.4, -0.2) is 11.2 Å². The summed E-state index contributed by atoms with van der Waals surface area (Å²) in [6.07, 6.45) is 3.31. The Balaban J connectivity index is 1.57. The summed E-state index contributed by atoms with van der Waals surface area (Å²) in [6.45, 7) is 0. The molecule has 0 radical (unpaired) electrons. The Morgan fingerprint density at radius 2 is 2.00 bits per heavy atom. The van der Waals surface area contributed by atoms with E-state index in [-0.39, 0.29) is 0 Å². The molecule has 0 saturated heterocycles. The van der Waals surface area contributed by atoms with Crippen LogP contribution < -0.4 is 11.1 Å². The molecule has 2 heterocycles. The van der Waals surface area contributed by atoms with Crippen LogP contribution >= 0.6 is 38.9 Å². The number of aromatic nitrogens is 1. The van der Waals surface area contributed by atoms with E-state index in [4.69, 9.17) is 16.0 Å². The summed E-state index contributed by atoms with van der Waals surface area (Å²) in [5.41, 5.74) is 4.34. The van der Waals surface area contributed by atoms with Gasteiger partial charge in [0.1, 0.15) is 5.58 Å². The number of rotatable bonds is 4. The van der Waals surface area contributed by atoms with Crippen molar-refractivity contribution in [3.05, 3.63) is 80.2 Å². The third kappa shape index (κ3) is 4.10. The molecule has 0 saturated carbocycles. The summed E-state index contributed by atoms with van der Waals surface area (Å²) < 4.78 is 6.38. The first-order valence-corrected chi connectivity index (χ1v) is 9.81. The summed E-state index contributed by atoms with van der Waals surface area (Å²) in [4.78, 5) is 17.2. The number of nitrogens with one attached hydrogen (secondary N) is 1. The average molecular weight is 461 g/mol. The van der Waals surface area contributed by atoms with Crippen molar-refractivity contribution >= 4 is 61.2 Å². The van der Waals surface area contributed by atoms with Gasteiger partial charge in [0.05, 0.1) is 16.7 Å². The van der Waals surface area contributed by atoms with Crippen molar-refractivity contribution in [1.29, 1.82) is 0 Å². The van der Waals surface area contributed by atoms with E-state index in [1.807, 2.05) is 24.3 Å². The first-order valence-electron chi connectivity index (χ1n) is 7.83. The quantitative estimate of drug-likeness (QED) is 0.238. The first kappa shape index (κ1) is 17.9. The van der Waals surface area contributed by atoms with Crippen molar-refractivity contribution in [2.75, 3.05) is 5.43 Å². The SMILES string of the molecule is O=c1oc2ccc(Cl)cc2cc1-c1cnc(N/N=C\c2ccc(Br)cc2)s1. The second-order valence-electron chi connectivity index (χ2n) is 5.58. The smallest absolute Gasteiger partial charge is 0.345 e. The van der Waals surface area contributed by atoms with Crippen LogP contribution in [0.5, 0.6) is 0 Å². The molecule has 27 heavy (non-hydrogen) atoms. The third-order valence-electron chi connectivity index (χ3n) is 3.71. The molecule has 8 heteroatoms. The van der Waals surface area contributed by atoms with Gasteiger partial charge in [-0.3, -0.25) is 5.43 Å². The van der Waals surface area contributed by atoms with Gasteiger partial charge in [-0.1, -0.05) is 51.0 Å². The van der Waals surface area contributed by atoms with Crippen LogP contribution in [0, 0.1) is 0 Å². The molecule has 4 rings (SSSR count). The number of thiazole rings is 1. The fourth-order valence-electron chi connectivity index (χ4n) is 2.43. The number of anilines is 1. The van der Waals surface area contributed by atoms with Gasteiger partial charge in [-0.25, -0.2) is 9.78 Å². The Labute approximate surface area is 171 Å². The molecule has 2 aromatic heterocycles. The largest absolute Gasteiger partial charge is 0.422 e. The Hall–Kier alpha value is -2.48. The van der Waals surface area contributed by atoms with E-state index in [2.05, 4.69) is 31.4 Å². The molecule has 134 valence electrons. The Morgan fingerprint density at radius 1 is 1.19 bits per heavy atom. The minimum atomic E-state index is -0.418. The highest BCUT2D eigenvalue weighted by atomic mass is 79.9. The molecule has 4 aromatic rings. The van der Waals surface area contributed by atoms with Gasteiger partial charge in [0.15, 0.2) is 0 Å². The maximum atomic E-state index is 12.3. The van der Waals surface area contributed by atoms with Gasteiger partial charge < -0.3 is 4.42 Å². The van der Waals surface area contributed by atoms with E-state index in [0.717, 1.165) is 15.4 Å². The molecule has 5 nitrogen and oxygen atoms in total. The molecular formula is C19H11BrClN3O2S. The lowest BCUT2D eigenvalue weighted by molar-refractivity contribution is 0.563. The average Bonchev–Trinajstić information content (AvgIpc) is 3.12. The molecule has 0 aliphatic carbocycles. The van der Waals surface area contributed by atoms with Crippen molar-refractivity contribution in [3.63, 3.8) is 0 Å². The van der Waals surface area contributed by atoms with Crippen molar-refractivity contribution in [3.8, 4) is 10.4 Å². The number of nitrogens with zero attached hydrogens (tertiary/aromatic N) is 2. The predicted molar refractivity (Wildman–Crippen MR) is 114 cm³/mol. The van der Waals surface area contributed by atoms with E-state index in [1.165, 1.54) is 11.3 Å². The number of hydrazone groups is 1. The van der Waals surface area contributed by atoms with Gasteiger partial charge in [0, 0.05) is 21.1 Å². The van der Waals surface area contributed by atoms with Crippen molar-refractivity contribution in [2.24, 2.45) is 5.10 Å². The molecule has 0 aliphatic heterocycles. The Bertz CT molecular complexity index is 1200. The zero-order valence-electron chi connectivity index (χ0n) is 13.6. The molecule has 0 unspecified atom stereocenters. The van der Waals surface area contributed by atoms with Crippen LogP contribution in [0.3, 0.4) is 0 Å².